The molecular formula is C8H8NO. The summed E-state index contributed by atoms with van der Waals surface area (Å²) in [6.45, 7) is 1.94. The lowest BCUT2D eigenvalue weighted by atomic mass is 10.1. The number of hydrogen-bond donors (Lipinski definition) is 1. The summed E-state index contributed by atoms with van der Waals surface area (Å²) >= 11 is 0. The van der Waals surface area contributed by atoms with Crippen LogP contribution < -0.4 is 0 Å². The summed E-state index contributed by atoms with van der Waals surface area (Å²) in [6.07, 6.45) is 1.37. The first-order valence-electron chi connectivity index (χ1n) is 2.99. The van der Waals surface area contributed by atoms with Crippen LogP contribution in [0.15, 0.2) is 23.4 Å². The molecule has 1 radical (unpaired) electrons. The molecule has 10 heavy (non-hydrogen) atoms. The molecule has 0 spiro atoms. The fourth-order valence-electron chi connectivity index (χ4n) is 0.731. The molecule has 0 amide bonds. The average molecular weight is 134 g/mol. The summed E-state index contributed by atoms with van der Waals surface area (Å²) in [5, 5.41) is 11.1. The van der Waals surface area contributed by atoms with E-state index in [0.29, 0.717) is 0 Å². The molecule has 0 bridgehead atoms. The largest absolute Gasteiger partial charge is 0.411 e. The lowest BCUT2D eigenvalue weighted by Gasteiger charge is -1.93. The molecule has 1 aromatic rings. The zero-order valence-electron chi connectivity index (χ0n) is 5.70. The predicted molar refractivity (Wildman–Crippen MR) is 39.4 cm³/mol. The lowest BCUT2D eigenvalue weighted by molar-refractivity contribution is 0.322. The molecule has 0 unspecified atom stereocenters. The Morgan fingerprint density at radius 2 is 2.50 bits per heavy atom. The van der Waals surface area contributed by atoms with Crippen LogP contribution >= 0.6 is 0 Å². The molecule has 1 N–H and O–H groups in total. The zero-order valence-corrected chi connectivity index (χ0v) is 5.70. The van der Waals surface area contributed by atoms with E-state index in [1.54, 1.807) is 6.07 Å². The number of aryl methyl sites for hydroxylation is 1. The molecule has 0 saturated carbocycles. The highest BCUT2D eigenvalue weighted by atomic mass is 16.4. The number of benzene rings is 1. The van der Waals surface area contributed by atoms with Crippen molar-refractivity contribution < 1.29 is 5.21 Å². The van der Waals surface area contributed by atoms with Crippen molar-refractivity contribution >= 4 is 6.21 Å². The van der Waals surface area contributed by atoms with Crippen LogP contribution in [0.4, 0.5) is 0 Å². The van der Waals surface area contributed by atoms with Crippen LogP contribution in [0, 0.1) is 13.0 Å². The third kappa shape index (κ3) is 1.35. The summed E-state index contributed by atoms with van der Waals surface area (Å²) < 4.78 is 0. The van der Waals surface area contributed by atoms with Crippen molar-refractivity contribution in [1.29, 1.82) is 0 Å². The molecule has 1 rings (SSSR count). The van der Waals surface area contributed by atoms with Crippen LogP contribution in [-0.2, 0) is 0 Å². The van der Waals surface area contributed by atoms with E-state index in [-0.39, 0.29) is 0 Å². The van der Waals surface area contributed by atoms with E-state index in [2.05, 4.69) is 11.2 Å². The van der Waals surface area contributed by atoms with Gasteiger partial charge in [-0.15, -0.1) is 0 Å². The molecule has 0 fully saturated rings. The van der Waals surface area contributed by atoms with Gasteiger partial charge in [-0.1, -0.05) is 23.4 Å². The van der Waals surface area contributed by atoms with Gasteiger partial charge in [0.05, 0.1) is 6.21 Å². The van der Waals surface area contributed by atoms with Gasteiger partial charge in [-0.25, -0.2) is 0 Å². The second-order valence-electron chi connectivity index (χ2n) is 2.01. The van der Waals surface area contributed by atoms with Crippen molar-refractivity contribution in [3.63, 3.8) is 0 Å². The first-order valence-corrected chi connectivity index (χ1v) is 2.99. The van der Waals surface area contributed by atoms with E-state index >= 15 is 0 Å². The SMILES string of the molecule is Cc1ccc[c]c1C=NO. The molecule has 51 valence electrons. The van der Waals surface area contributed by atoms with Crippen molar-refractivity contribution in [3.8, 4) is 0 Å². The van der Waals surface area contributed by atoms with E-state index in [1.165, 1.54) is 6.21 Å². The summed E-state index contributed by atoms with van der Waals surface area (Å²) in [5.41, 5.74) is 1.88. The molecule has 0 aliphatic rings. The number of nitrogens with zero attached hydrogens (tertiary/aromatic N) is 1. The highest BCUT2D eigenvalue weighted by Gasteiger charge is 1.90. The molecular weight excluding hydrogens is 126 g/mol. The Morgan fingerprint density at radius 3 is 3.10 bits per heavy atom. The first-order chi connectivity index (χ1) is 4.84. The Morgan fingerprint density at radius 1 is 1.70 bits per heavy atom. The summed E-state index contributed by atoms with van der Waals surface area (Å²) in [4.78, 5) is 0. The van der Waals surface area contributed by atoms with Gasteiger partial charge in [0.1, 0.15) is 0 Å². The Bertz CT molecular complexity index is 243. The van der Waals surface area contributed by atoms with Crippen molar-refractivity contribution in [2.24, 2.45) is 5.16 Å². The van der Waals surface area contributed by atoms with Crippen molar-refractivity contribution in [2.75, 3.05) is 0 Å². The number of hydrogen-bond acceptors (Lipinski definition) is 2. The van der Waals surface area contributed by atoms with E-state index in [4.69, 9.17) is 5.21 Å². The first kappa shape index (κ1) is 6.81. The smallest absolute Gasteiger partial charge is 0.0742 e. The van der Waals surface area contributed by atoms with Gasteiger partial charge in [-0.05, 0) is 18.6 Å². The van der Waals surface area contributed by atoms with Crippen molar-refractivity contribution in [2.45, 2.75) is 6.92 Å². The molecule has 0 atom stereocenters. The Labute approximate surface area is 59.8 Å². The second-order valence-corrected chi connectivity index (χ2v) is 2.01. The molecule has 0 aliphatic carbocycles. The van der Waals surface area contributed by atoms with Gasteiger partial charge in [-0.2, -0.15) is 0 Å². The maximum Gasteiger partial charge on any atom is 0.0742 e. The van der Waals surface area contributed by atoms with E-state index in [9.17, 15) is 0 Å². The van der Waals surface area contributed by atoms with Crippen LogP contribution in [0.5, 0.6) is 0 Å². The molecule has 2 heteroatoms. The number of oxime groups is 1. The standard InChI is InChI=1S/C8H8NO/c1-7-4-2-3-5-8(7)6-9-10/h2-4,6,10H,1H3. The van der Waals surface area contributed by atoms with Gasteiger partial charge >= 0.3 is 0 Å². The molecule has 0 heterocycles. The highest BCUT2D eigenvalue weighted by molar-refractivity contribution is 5.80. The Kier molecular flexibility index (Phi) is 2.05. The lowest BCUT2D eigenvalue weighted by Crippen LogP contribution is -1.84. The van der Waals surface area contributed by atoms with Gasteiger partial charge in [0.15, 0.2) is 0 Å². The molecule has 2 nitrogen and oxygen atoms in total. The van der Waals surface area contributed by atoms with Crippen LogP contribution in [0.1, 0.15) is 11.1 Å². The molecule has 1 aromatic carbocycles. The van der Waals surface area contributed by atoms with E-state index < -0.39 is 0 Å². The minimum absolute atomic E-state index is 0.824. The van der Waals surface area contributed by atoms with Crippen LogP contribution in [0.2, 0.25) is 0 Å². The second kappa shape index (κ2) is 3.01. The third-order valence-electron chi connectivity index (χ3n) is 1.29. The van der Waals surface area contributed by atoms with E-state index in [0.717, 1.165) is 11.1 Å². The number of rotatable bonds is 1. The van der Waals surface area contributed by atoms with Gasteiger partial charge in [0.25, 0.3) is 0 Å². The van der Waals surface area contributed by atoms with Crippen LogP contribution in [0.25, 0.3) is 0 Å². The van der Waals surface area contributed by atoms with Gasteiger partial charge in [0.2, 0.25) is 0 Å². The van der Waals surface area contributed by atoms with Crippen molar-refractivity contribution in [1.82, 2.24) is 0 Å². The highest BCUT2D eigenvalue weighted by Crippen LogP contribution is 2.01. The predicted octanol–water partition coefficient (Wildman–Crippen LogP) is 1.60. The van der Waals surface area contributed by atoms with Crippen LogP contribution in [-0.4, -0.2) is 11.4 Å². The average Bonchev–Trinajstić information content (AvgIpc) is 1.94. The van der Waals surface area contributed by atoms with Gasteiger partial charge in [0, 0.05) is 5.56 Å². The van der Waals surface area contributed by atoms with Crippen LogP contribution in [0.3, 0.4) is 0 Å². The van der Waals surface area contributed by atoms with Crippen molar-refractivity contribution in [3.05, 3.63) is 35.4 Å². The molecule has 0 aliphatic heterocycles. The quantitative estimate of drug-likeness (QED) is 0.353. The molecule has 0 saturated heterocycles. The summed E-state index contributed by atoms with van der Waals surface area (Å²) in [7, 11) is 0. The molecule has 0 aromatic heterocycles. The zero-order chi connectivity index (χ0) is 7.40. The van der Waals surface area contributed by atoms with Gasteiger partial charge in [-0.3, -0.25) is 0 Å². The van der Waals surface area contributed by atoms with Gasteiger partial charge < -0.3 is 5.21 Å². The maximum absolute atomic E-state index is 8.19. The topological polar surface area (TPSA) is 32.6 Å². The Hall–Kier alpha value is -1.31. The minimum atomic E-state index is 0.824. The fraction of sp³-hybridized carbons (Fsp3) is 0.125. The maximum atomic E-state index is 8.19. The third-order valence-corrected chi connectivity index (χ3v) is 1.29. The fourth-order valence-corrected chi connectivity index (χ4v) is 0.731. The Balaban J connectivity index is 3.03. The van der Waals surface area contributed by atoms with E-state index in [1.807, 2.05) is 19.1 Å². The monoisotopic (exact) mass is 134 g/mol. The minimum Gasteiger partial charge on any atom is -0.411 e. The summed E-state index contributed by atoms with van der Waals surface area (Å²) in [5.74, 6) is 0. The summed E-state index contributed by atoms with van der Waals surface area (Å²) in [6, 6.07) is 8.54. The normalized spacial score (nSPS) is 10.5.